The largest absolute Gasteiger partial charge is 0.382 e. The van der Waals surface area contributed by atoms with E-state index in [4.69, 9.17) is 5.73 Å². The molecular weight excluding hydrogens is 284 g/mol. The molecule has 0 spiro atoms. The summed E-state index contributed by atoms with van der Waals surface area (Å²) in [6, 6.07) is 7.13. The SMILES string of the molecule is NC1c2cc(Br)ccc2NC2CCSCC21. The average molecular weight is 299 g/mol. The fourth-order valence-corrected chi connectivity index (χ4v) is 4.34. The Morgan fingerprint density at radius 2 is 2.31 bits per heavy atom. The lowest BCUT2D eigenvalue weighted by atomic mass is 9.83. The van der Waals surface area contributed by atoms with Crippen LogP contribution in [0.3, 0.4) is 0 Å². The van der Waals surface area contributed by atoms with E-state index < -0.39 is 0 Å². The fourth-order valence-electron chi connectivity index (χ4n) is 2.66. The second-order valence-corrected chi connectivity index (χ2v) is 6.60. The Balaban J connectivity index is 2.00. The van der Waals surface area contributed by atoms with Gasteiger partial charge in [-0.2, -0.15) is 11.8 Å². The Hall–Kier alpha value is -0.190. The van der Waals surface area contributed by atoms with Crippen LogP contribution in [0.2, 0.25) is 0 Å². The molecule has 2 aliphatic rings. The number of halogens is 1. The molecule has 3 unspecified atom stereocenters. The van der Waals surface area contributed by atoms with Crippen molar-refractivity contribution in [3.8, 4) is 0 Å². The summed E-state index contributed by atoms with van der Waals surface area (Å²) in [4.78, 5) is 0. The van der Waals surface area contributed by atoms with Gasteiger partial charge in [0.2, 0.25) is 0 Å². The molecule has 0 amide bonds. The summed E-state index contributed by atoms with van der Waals surface area (Å²) in [5, 5.41) is 3.64. The summed E-state index contributed by atoms with van der Waals surface area (Å²) in [6.45, 7) is 0. The van der Waals surface area contributed by atoms with Gasteiger partial charge in [0.15, 0.2) is 0 Å². The van der Waals surface area contributed by atoms with Crippen molar-refractivity contribution < 1.29 is 0 Å². The fraction of sp³-hybridized carbons (Fsp3) is 0.500. The Bertz CT molecular complexity index is 410. The molecule has 1 aromatic rings. The van der Waals surface area contributed by atoms with Crippen LogP contribution in [0.4, 0.5) is 5.69 Å². The molecule has 0 bridgehead atoms. The van der Waals surface area contributed by atoms with Crippen molar-refractivity contribution in [2.24, 2.45) is 11.7 Å². The van der Waals surface area contributed by atoms with Crippen LogP contribution in [0.15, 0.2) is 22.7 Å². The van der Waals surface area contributed by atoms with Crippen molar-refractivity contribution in [3.63, 3.8) is 0 Å². The molecule has 2 heterocycles. The first kappa shape index (κ1) is 10.9. The number of benzene rings is 1. The lowest BCUT2D eigenvalue weighted by Gasteiger charge is -2.41. The molecule has 3 rings (SSSR count). The van der Waals surface area contributed by atoms with Gasteiger partial charge >= 0.3 is 0 Å². The standard InChI is InChI=1S/C12H15BrN2S/c13-7-1-2-10-8(5-7)12(14)9-6-16-4-3-11(9)15-10/h1-2,5,9,11-12,15H,3-4,6,14H2. The van der Waals surface area contributed by atoms with Gasteiger partial charge in [0.25, 0.3) is 0 Å². The lowest BCUT2D eigenvalue weighted by molar-refractivity contribution is 0.382. The van der Waals surface area contributed by atoms with Crippen LogP contribution >= 0.6 is 27.7 Å². The van der Waals surface area contributed by atoms with Gasteiger partial charge in [-0.05, 0) is 41.7 Å². The van der Waals surface area contributed by atoms with Crippen LogP contribution in [0.1, 0.15) is 18.0 Å². The maximum Gasteiger partial charge on any atom is 0.0391 e. The Kier molecular flexibility index (Phi) is 2.90. The van der Waals surface area contributed by atoms with Crippen molar-refractivity contribution in [1.82, 2.24) is 0 Å². The number of fused-ring (bicyclic) bond motifs is 2. The van der Waals surface area contributed by atoms with Crippen molar-refractivity contribution in [1.29, 1.82) is 0 Å². The summed E-state index contributed by atoms with van der Waals surface area (Å²) >= 11 is 5.55. The molecule has 3 atom stereocenters. The highest BCUT2D eigenvalue weighted by molar-refractivity contribution is 9.10. The van der Waals surface area contributed by atoms with E-state index in [0.717, 1.165) is 4.47 Å². The highest BCUT2D eigenvalue weighted by Gasteiger charge is 2.36. The van der Waals surface area contributed by atoms with E-state index in [1.807, 2.05) is 11.8 Å². The van der Waals surface area contributed by atoms with E-state index in [9.17, 15) is 0 Å². The third-order valence-corrected chi connectivity index (χ3v) is 5.21. The third kappa shape index (κ3) is 1.77. The number of hydrogen-bond donors (Lipinski definition) is 2. The van der Waals surface area contributed by atoms with Crippen molar-refractivity contribution >= 4 is 33.4 Å². The van der Waals surface area contributed by atoms with E-state index in [2.05, 4.69) is 39.4 Å². The highest BCUT2D eigenvalue weighted by atomic mass is 79.9. The van der Waals surface area contributed by atoms with Gasteiger partial charge in [-0.1, -0.05) is 15.9 Å². The summed E-state index contributed by atoms with van der Waals surface area (Å²) in [7, 11) is 0. The van der Waals surface area contributed by atoms with Gasteiger partial charge in [0.05, 0.1) is 0 Å². The normalized spacial score (nSPS) is 32.5. The van der Waals surface area contributed by atoms with Gasteiger partial charge < -0.3 is 11.1 Å². The minimum Gasteiger partial charge on any atom is -0.382 e. The van der Waals surface area contributed by atoms with E-state index >= 15 is 0 Å². The maximum absolute atomic E-state index is 6.40. The molecule has 16 heavy (non-hydrogen) atoms. The highest BCUT2D eigenvalue weighted by Crippen LogP contribution is 2.41. The zero-order valence-electron chi connectivity index (χ0n) is 8.95. The van der Waals surface area contributed by atoms with Crippen LogP contribution in [0.5, 0.6) is 0 Å². The number of nitrogens with one attached hydrogen (secondary N) is 1. The smallest absolute Gasteiger partial charge is 0.0391 e. The first-order valence-corrected chi connectivity index (χ1v) is 7.60. The second-order valence-electron chi connectivity index (χ2n) is 4.54. The maximum atomic E-state index is 6.40. The average Bonchev–Trinajstić information content (AvgIpc) is 2.31. The molecular formula is C12H15BrN2S. The number of nitrogens with two attached hydrogens (primary N) is 1. The molecule has 2 aliphatic heterocycles. The quantitative estimate of drug-likeness (QED) is 0.773. The Labute approximate surface area is 108 Å². The zero-order chi connectivity index (χ0) is 11.1. The van der Waals surface area contributed by atoms with Crippen molar-refractivity contribution in [2.75, 3.05) is 16.8 Å². The molecule has 2 nitrogen and oxygen atoms in total. The number of hydrogen-bond acceptors (Lipinski definition) is 3. The first-order chi connectivity index (χ1) is 7.75. The zero-order valence-corrected chi connectivity index (χ0v) is 11.4. The van der Waals surface area contributed by atoms with Crippen LogP contribution in [-0.2, 0) is 0 Å². The predicted octanol–water partition coefficient (Wildman–Crippen LogP) is 3.00. The van der Waals surface area contributed by atoms with Gasteiger partial charge in [0, 0.05) is 28.2 Å². The van der Waals surface area contributed by atoms with E-state index in [-0.39, 0.29) is 6.04 Å². The topological polar surface area (TPSA) is 38.0 Å². The minimum absolute atomic E-state index is 0.187. The monoisotopic (exact) mass is 298 g/mol. The predicted molar refractivity (Wildman–Crippen MR) is 73.9 cm³/mol. The third-order valence-electron chi connectivity index (χ3n) is 3.58. The van der Waals surface area contributed by atoms with Gasteiger partial charge in [0.1, 0.15) is 0 Å². The van der Waals surface area contributed by atoms with E-state index in [0.29, 0.717) is 12.0 Å². The molecule has 86 valence electrons. The van der Waals surface area contributed by atoms with Gasteiger partial charge in [-0.3, -0.25) is 0 Å². The molecule has 4 heteroatoms. The first-order valence-electron chi connectivity index (χ1n) is 5.65. The summed E-state index contributed by atoms with van der Waals surface area (Å²) in [5.41, 5.74) is 8.88. The van der Waals surface area contributed by atoms with Gasteiger partial charge in [-0.25, -0.2) is 0 Å². The molecule has 3 N–H and O–H groups in total. The van der Waals surface area contributed by atoms with Crippen LogP contribution in [0.25, 0.3) is 0 Å². The van der Waals surface area contributed by atoms with Crippen LogP contribution in [0, 0.1) is 5.92 Å². The van der Waals surface area contributed by atoms with Crippen LogP contribution < -0.4 is 11.1 Å². The molecule has 0 saturated carbocycles. The number of anilines is 1. The minimum atomic E-state index is 0.187. The van der Waals surface area contributed by atoms with Crippen molar-refractivity contribution in [3.05, 3.63) is 28.2 Å². The van der Waals surface area contributed by atoms with E-state index in [1.54, 1.807) is 0 Å². The molecule has 1 aromatic carbocycles. The molecule has 0 aromatic heterocycles. The number of rotatable bonds is 0. The Morgan fingerprint density at radius 1 is 1.44 bits per heavy atom. The molecule has 0 radical (unpaired) electrons. The summed E-state index contributed by atoms with van der Waals surface area (Å²) < 4.78 is 1.12. The van der Waals surface area contributed by atoms with Crippen molar-refractivity contribution in [2.45, 2.75) is 18.5 Å². The molecule has 0 aliphatic carbocycles. The second kappa shape index (κ2) is 4.24. The van der Waals surface area contributed by atoms with E-state index in [1.165, 1.54) is 29.2 Å². The summed E-state index contributed by atoms with van der Waals surface area (Å²) in [5.74, 6) is 3.03. The van der Waals surface area contributed by atoms with Gasteiger partial charge in [-0.15, -0.1) is 0 Å². The molecule has 1 fully saturated rings. The molecule has 1 saturated heterocycles. The lowest BCUT2D eigenvalue weighted by Crippen LogP contribution is -2.44. The number of thioether (sulfide) groups is 1. The summed E-state index contributed by atoms with van der Waals surface area (Å²) in [6.07, 6.45) is 1.23. The Morgan fingerprint density at radius 3 is 3.19 bits per heavy atom. The van der Waals surface area contributed by atoms with Crippen LogP contribution in [-0.4, -0.2) is 17.5 Å².